The number of hydrogen-bond donors (Lipinski definition) is 1. The maximum Gasteiger partial charge on any atom is 1.00 e. The van der Waals surface area contributed by atoms with Crippen molar-refractivity contribution in [1.29, 1.82) is 0 Å². The zero-order chi connectivity index (χ0) is 16.3. The summed E-state index contributed by atoms with van der Waals surface area (Å²) in [7, 11) is -4.94. The van der Waals surface area contributed by atoms with Gasteiger partial charge in [-0.15, -0.1) is 0 Å². The predicted molar refractivity (Wildman–Crippen MR) is 96.1 cm³/mol. The zero-order valence-corrected chi connectivity index (χ0v) is 18.0. The van der Waals surface area contributed by atoms with Crippen LogP contribution < -0.4 is 67.3 Å². The fourth-order valence-corrected chi connectivity index (χ4v) is 5.13. The standard InChI is InChI=1S/C18H15O3PS.K.H/c19-23(20,21)18-13-11-17(12-14-18)22(15-7-3-1-4-8-15)16-9-5-2-6-10-16;;/h1-14H,(H,19,20,21);;/q;+1;-1. The van der Waals surface area contributed by atoms with E-state index in [9.17, 15) is 8.42 Å². The molecular formula is C18H16KO3PS. The molecule has 3 rings (SSSR count). The van der Waals surface area contributed by atoms with Crippen molar-refractivity contribution < 1.29 is 65.8 Å². The van der Waals surface area contributed by atoms with Crippen molar-refractivity contribution in [3.05, 3.63) is 84.9 Å². The van der Waals surface area contributed by atoms with Crippen LogP contribution in [0.25, 0.3) is 0 Å². The van der Waals surface area contributed by atoms with Gasteiger partial charge in [-0.2, -0.15) is 8.42 Å². The Balaban J connectivity index is 0.00000156. The second-order valence-electron chi connectivity index (χ2n) is 4.98. The molecule has 0 amide bonds. The average Bonchev–Trinajstić information content (AvgIpc) is 2.57. The van der Waals surface area contributed by atoms with Crippen molar-refractivity contribution in [2.75, 3.05) is 0 Å². The fraction of sp³-hybridized carbons (Fsp3) is 0. The Labute approximate surface area is 187 Å². The molecule has 0 aliphatic heterocycles. The minimum absolute atomic E-state index is 0. The van der Waals surface area contributed by atoms with E-state index < -0.39 is 18.0 Å². The summed E-state index contributed by atoms with van der Waals surface area (Å²) in [5.74, 6) is 0. The van der Waals surface area contributed by atoms with Crippen LogP contribution in [0.3, 0.4) is 0 Å². The predicted octanol–water partition coefficient (Wildman–Crippen LogP) is -0.192. The Morgan fingerprint density at radius 3 is 1.42 bits per heavy atom. The van der Waals surface area contributed by atoms with E-state index in [0.29, 0.717) is 0 Å². The SMILES string of the molecule is O=S(=O)(O)c1ccc(P(c2ccccc2)c2ccccc2)cc1.[H-].[K+]. The van der Waals surface area contributed by atoms with Gasteiger partial charge in [-0.1, -0.05) is 72.8 Å². The first-order valence-electron chi connectivity index (χ1n) is 7.03. The van der Waals surface area contributed by atoms with Gasteiger partial charge in [-0.3, -0.25) is 4.55 Å². The van der Waals surface area contributed by atoms with E-state index in [1.54, 1.807) is 12.1 Å². The summed E-state index contributed by atoms with van der Waals surface area (Å²) in [4.78, 5) is -0.0858. The van der Waals surface area contributed by atoms with Gasteiger partial charge in [-0.25, -0.2) is 0 Å². The third-order valence-corrected chi connectivity index (χ3v) is 6.73. The van der Waals surface area contributed by atoms with Gasteiger partial charge in [0.05, 0.1) is 4.90 Å². The molecule has 0 heterocycles. The molecule has 24 heavy (non-hydrogen) atoms. The summed E-state index contributed by atoms with van der Waals surface area (Å²) < 4.78 is 31.6. The van der Waals surface area contributed by atoms with E-state index in [-0.39, 0.29) is 57.7 Å². The molecule has 3 aromatic carbocycles. The largest absolute Gasteiger partial charge is 1.00 e. The summed E-state index contributed by atoms with van der Waals surface area (Å²) in [6.07, 6.45) is 0. The Morgan fingerprint density at radius 2 is 1.04 bits per heavy atom. The molecule has 0 aliphatic carbocycles. The molecule has 118 valence electrons. The second-order valence-corrected chi connectivity index (χ2v) is 8.62. The van der Waals surface area contributed by atoms with Gasteiger partial charge in [0.15, 0.2) is 0 Å². The smallest absolute Gasteiger partial charge is 1.00 e. The Hall–Kier alpha value is -0.364. The van der Waals surface area contributed by atoms with Gasteiger partial charge in [0.2, 0.25) is 0 Å². The van der Waals surface area contributed by atoms with Gasteiger partial charge >= 0.3 is 51.4 Å². The number of hydrogen-bond acceptors (Lipinski definition) is 2. The van der Waals surface area contributed by atoms with Crippen molar-refractivity contribution >= 4 is 34.0 Å². The molecule has 0 unspecified atom stereocenters. The summed E-state index contributed by atoms with van der Waals surface area (Å²) in [6.45, 7) is 0. The summed E-state index contributed by atoms with van der Waals surface area (Å²) >= 11 is 0. The molecule has 1 N–H and O–H groups in total. The van der Waals surface area contributed by atoms with Gasteiger partial charge < -0.3 is 1.43 Å². The molecule has 0 atom stereocenters. The first kappa shape index (κ1) is 20.0. The van der Waals surface area contributed by atoms with E-state index in [1.165, 1.54) is 22.7 Å². The Kier molecular flexibility index (Phi) is 7.34. The molecule has 0 bridgehead atoms. The number of benzene rings is 3. The second kappa shape index (κ2) is 8.83. The van der Waals surface area contributed by atoms with Crippen LogP contribution in [0, 0.1) is 0 Å². The van der Waals surface area contributed by atoms with Crippen molar-refractivity contribution in [3.63, 3.8) is 0 Å². The van der Waals surface area contributed by atoms with Crippen LogP contribution in [0.5, 0.6) is 0 Å². The summed E-state index contributed by atoms with van der Waals surface area (Å²) in [5, 5.41) is 3.41. The first-order valence-corrected chi connectivity index (χ1v) is 9.82. The molecule has 3 aromatic rings. The van der Waals surface area contributed by atoms with Gasteiger partial charge in [0.1, 0.15) is 0 Å². The van der Waals surface area contributed by atoms with Gasteiger partial charge in [0, 0.05) is 0 Å². The molecule has 0 saturated heterocycles. The fourth-order valence-electron chi connectivity index (χ4n) is 2.37. The average molecular weight is 382 g/mol. The minimum Gasteiger partial charge on any atom is -1.00 e. The van der Waals surface area contributed by atoms with Crippen LogP contribution >= 0.6 is 7.92 Å². The topological polar surface area (TPSA) is 54.4 Å². The van der Waals surface area contributed by atoms with Crippen LogP contribution in [0.2, 0.25) is 0 Å². The quantitative estimate of drug-likeness (QED) is 0.387. The van der Waals surface area contributed by atoms with Crippen LogP contribution in [-0.4, -0.2) is 13.0 Å². The number of rotatable bonds is 4. The Morgan fingerprint density at radius 1 is 0.667 bits per heavy atom. The molecule has 0 radical (unpaired) electrons. The maximum atomic E-state index is 11.2. The Bertz CT molecular complexity index is 849. The molecular weight excluding hydrogens is 366 g/mol. The van der Waals surface area contributed by atoms with Crippen LogP contribution in [-0.2, 0) is 10.1 Å². The molecule has 3 nitrogen and oxygen atoms in total. The van der Waals surface area contributed by atoms with Crippen molar-refractivity contribution in [2.45, 2.75) is 4.90 Å². The normalized spacial score (nSPS) is 11.1. The van der Waals surface area contributed by atoms with E-state index >= 15 is 0 Å². The monoisotopic (exact) mass is 382 g/mol. The van der Waals surface area contributed by atoms with E-state index in [0.717, 1.165) is 5.30 Å². The van der Waals surface area contributed by atoms with Crippen LogP contribution in [0.1, 0.15) is 1.43 Å². The molecule has 0 aliphatic rings. The zero-order valence-electron chi connectivity index (χ0n) is 14.2. The third kappa shape index (κ3) is 4.84. The van der Waals surface area contributed by atoms with E-state index in [1.807, 2.05) is 36.4 Å². The maximum absolute atomic E-state index is 11.2. The van der Waals surface area contributed by atoms with E-state index in [2.05, 4.69) is 24.3 Å². The van der Waals surface area contributed by atoms with Crippen molar-refractivity contribution in [1.82, 2.24) is 0 Å². The van der Waals surface area contributed by atoms with Crippen LogP contribution in [0.4, 0.5) is 0 Å². The first-order chi connectivity index (χ1) is 11.1. The van der Waals surface area contributed by atoms with Gasteiger partial charge in [-0.05, 0) is 36.0 Å². The summed E-state index contributed by atoms with van der Waals surface area (Å²) in [6, 6.07) is 26.7. The molecule has 0 spiro atoms. The van der Waals surface area contributed by atoms with Crippen molar-refractivity contribution in [2.24, 2.45) is 0 Å². The van der Waals surface area contributed by atoms with Crippen molar-refractivity contribution in [3.8, 4) is 0 Å². The molecule has 0 fully saturated rings. The summed E-state index contributed by atoms with van der Waals surface area (Å²) in [5.41, 5.74) is 0. The van der Waals surface area contributed by atoms with E-state index in [4.69, 9.17) is 4.55 Å². The van der Waals surface area contributed by atoms with Gasteiger partial charge in [0.25, 0.3) is 10.1 Å². The third-order valence-electron chi connectivity index (χ3n) is 3.42. The van der Waals surface area contributed by atoms with Crippen LogP contribution in [0.15, 0.2) is 89.8 Å². The molecule has 0 saturated carbocycles. The minimum atomic E-state index is -4.17. The molecule has 0 aromatic heterocycles. The molecule has 6 heteroatoms.